The minimum atomic E-state index is -4.78. The smallest absolute Gasteiger partial charge is 0.322 e. The SMILES string of the molecule is O=C(Nc1cccc(C(F)(F)F)c1)C(=Cc1ccc(C(F)(F)F)nc1)C(=O)Nc1cccc(C(F)(F)F)c1. The van der Waals surface area contributed by atoms with E-state index in [2.05, 4.69) is 15.6 Å². The van der Waals surface area contributed by atoms with Crippen LogP contribution in [-0.4, -0.2) is 16.8 Å². The summed E-state index contributed by atoms with van der Waals surface area (Å²) in [6.07, 6.45) is -12.8. The molecule has 1 aromatic heterocycles. The summed E-state index contributed by atoms with van der Waals surface area (Å²) in [5.74, 6) is -2.60. The number of anilines is 2. The number of amides is 2. The molecule has 3 aromatic rings. The fourth-order valence-electron chi connectivity index (χ4n) is 3.00. The standard InChI is InChI=1S/C24H14F9N3O2/c25-22(26,27)14-3-1-5-16(10-14)35-20(37)18(9-13-7-8-19(34-12-13)24(31,32)33)21(38)36-17-6-2-4-15(11-17)23(28,29)30/h1-12H,(H,35,37)(H,36,38). The lowest BCUT2D eigenvalue weighted by atomic mass is 10.1. The van der Waals surface area contributed by atoms with Crippen molar-refractivity contribution in [2.24, 2.45) is 0 Å². The summed E-state index contributed by atoms with van der Waals surface area (Å²) in [5, 5.41) is 4.13. The molecule has 0 unspecified atom stereocenters. The van der Waals surface area contributed by atoms with Gasteiger partial charge in [-0.25, -0.2) is 0 Å². The Bertz CT molecular complexity index is 1290. The molecule has 14 heteroatoms. The number of carbonyl (C=O) groups is 2. The van der Waals surface area contributed by atoms with Crippen LogP contribution in [0.5, 0.6) is 0 Å². The number of alkyl halides is 9. The average molecular weight is 547 g/mol. The van der Waals surface area contributed by atoms with E-state index in [1.807, 2.05) is 0 Å². The summed E-state index contributed by atoms with van der Waals surface area (Å²) in [7, 11) is 0. The minimum Gasteiger partial charge on any atom is -0.322 e. The molecule has 0 fully saturated rings. The van der Waals surface area contributed by atoms with Crippen LogP contribution >= 0.6 is 0 Å². The van der Waals surface area contributed by atoms with Crippen molar-refractivity contribution in [2.75, 3.05) is 10.6 Å². The van der Waals surface area contributed by atoms with E-state index in [1.165, 1.54) is 0 Å². The number of halogens is 9. The van der Waals surface area contributed by atoms with Gasteiger partial charge in [-0.3, -0.25) is 14.6 Å². The Morgan fingerprint density at radius 1 is 0.658 bits per heavy atom. The topological polar surface area (TPSA) is 71.1 Å². The monoisotopic (exact) mass is 547 g/mol. The highest BCUT2D eigenvalue weighted by Gasteiger charge is 2.33. The first-order valence-corrected chi connectivity index (χ1v) is 10.3. The number of hydrogen-bond donors (Lipinski definition) is 2. The highest BCUT2D eigenvalue weighted by Crippen LogP contribution is 2.32. The summed E-state index contributed by atoms with van der Waals surface area (Å²) in [6.45, 7) is 0. The molecule has 5 nitrogen and oxygen atoms in total. The molecule has 2 N–H and O–H groups in total. The first-order valence-electron chi connectivity index (χ1n) is 10.3. The van der Waals surface area contributed by atoms with Gasteiger partial charge in [0.25, 0.3) is 11.8 Å². The van der Waals surface area contributed by atoms with Crippen molar-refractivity contribution in [1.29, 1.82) is 0 Å². The van der Waals surface area contributed by atoms with Crippen LogP contribution in [0.3, 0.4) is 0 Å². The van der Waals surface area contributed by atoms with E-state index in [0.29, 0.717) is 24.4 Å². The van der Waals surface area contributed by atoms with E-state index in [-0.39, 0.29) is 16.9 Å². The maximum atomic E-state index is 13.0. The summed E-state index contributed by atoms with van der Waals surface area (Å²) >= 11 is 0. The zero-order valence-corrected chi connectivity index (χ0v) is 18.6. The molecule has 0 saturated heterocycles. The normalized spacial score (nSPS) is 12.0. The van der Waals surface area contributed by atoms with Crippen LogP contribution in [-0.2, 0) is 28.1 Å². The van der Waals surface area contributed by atoms with Gasteiger partial charge >= 0.3 is 18.5 Å². The molecule has 0 aliphatic rings. The highest BCUT2D eigenvalue weighted by molar-refractivity contribution is 6.28. The van der Waals surface area contributed by atoms with E-state index in [4.69, 9.17) is 0 Å². The van der Waals surface area contributed by atoms with Crippen molar-refractivity contribution in [2.45, 2.75) is 18.5 Å². The Hall–Kier alpha value is -4.36. The summed E-state index contributed by atoms with van der Waals surface area (Å²) < 4.78 is 116. The van der Waals surface area contributed by atoms with E-state index in [9.17, 15) is 49.1 Å². The van der Waals surface area contributed by atoms with Gasteiger partial charge in [0, 0.05) is 17.6 Å². The van der Waals surface area contributed by atoms with Crippen LogP contribution in [0, 0.1) is 0 Å². The first-order chi connectivity index (χ1) is 17.5. The van der Waals surface area contributed by atoms with Crippen LogP contribution in [0.1, 0.15) is 22.4 Å². The lowest BCUT2D eigenvalue weighted by molar-refractivity contribution is -0.141. The van der Waals surface area contributed by atoms with Crippen molar-refractivity contribution in [3.05, 3.63) is 94.8 Å². The van der Waals surface area contributed by atoms with Crippen LogP contribution in [0.25, 0.3) is 6.08 Å². The van der Waals surface area contributed by atoms with Crippen LogP contribution in [0.15, 0.2) is 72.4 Å². The molecule has 0 saturated carbocycles. The van der Waals surface area contributed by atoms with Gasteiger partial charge in [-0.05, 0) is 54.1 Å². The first kappa shape index (κ1) is 28.2. The molecule has 0 radical (unpaired) electrons. The maximum Gasteiger partial charge on any atom is 0.433 e. The Labute approximate surface area is 208 Å². The average Bonchev–Trinajstić information content (AvgIpc) is 2.81. The van der Waals surface area contributed by atoms with Crippen LogP contribution in [0.2, 0.25) is 0 Å². The molecular formula is C24H14F9N3O2. The fourth-order valence-corrected chi connectivity index (χ4v) is 3.00. The van der Waals surface area contributed by atoms with Gasteiger partial charge in [0.15, 0.2) is 0 Å². The molecule has 2 amide bonds. The fraction of sp³-hybridized carbons (Fsp3) is 0.125. The van der Waals surface area contributed by atoms with Crippen molar-refractivity contribution in [1.82, 2.24) is 4.98 Å². The molecule has 0 bridgehead atoms. The molecule has 0 spiro atoms. The summed E-state index contributed by atoms with van der Waals surface area (Å²) in [4.78, 5) is 28.9. The van der Waals surface area contributed by atoms with Gasteiger partial charge in [-0.2, -0.15) is 39.5 Å². The molecule has 1 heterocycles. The third-order valence-electron chi connectivity index (χ3n) is 4.77. The number of aromatic nitrogens is 1. The Morgan fingerprint density at radius 2 is 1.13 bits per heavy atom. The second kappa shape index (κ2) is 10.6. The van der Waals surface area contributed by atoms with Gasteiger partial charge < -0.3 is 10.6 Å². The molecule has 0 atom stereocenters. The zero-order chi connectivity index (χ0) is 28.3. The maximum absolute atomic E-state index is 13.0. The number of nitrogens with zero attached hydrogens (tertiary/aromatic N) is 1. The quantitative estimate of drug-likeness (QED) is 0.160. The molecule has 0 aliphatic heterocycles. The second-order valence-electron chi connectivity index (χ2n) is 7.60. The van der Waals surface area contributed by atoms with Gasteiger partial charge in [0.2, 0.25) is 0 Å². The molecular weight excluding hydrogens is 533 g/mol. The van der Waals surface area contributed by atoms with Crippen LogP contribution < -0.4 is 10.6 Å². The Morgan fingerprint density at radius 3 is 1.50 bits per heavy atom. The molecule has 38 heavy (non-hydrogen) atoms. The Kier molecular flexibility index (Phi) is 7.84. The van der Waals surface area contributed by atoms with Crippen molar-refractivity contribution < 1.29 is 49.1 Å². The number of benzene rings is 2. The zero-order valence-electron chi connectivity index (χ0n) is 18.6. The summed E-state index contributed by atoms with van der Waals surface area (Å²) in [6, 6.07) is 8.11. The third kappa shape index (κ3) is 7.33. The minimum absolute atomic E-state index is 0.189. The van der Waals surface area contributed by atoms with Gasteiger partial charge in [0.05, 0.1) is 11.1 Å². The van der Waals surface area contributed by atoms with Gasteiger partial charge in [-0.1, -0.05) is 18.2 Å². The lowest BCUT2D eigenvalue weighted by Crippen LogP contribution is -2.25. The van der Waals surface area contributed by atoms with Crippen molar-refractivity contribution in [3.63, 3.8) is 0 Å². The van der Waals surface area contributed by atoms with Gasteiger partial charge in [0.1, 0.15) is 11.3 Å². The number of nitrogens with one attached hydrogen (secondary N) is 2. The van der Waals surface area contributed by atoms with Crippen molar-refractivity contribution >= 4 is 29.3 Å². The molecule has 3 rings (SSSR count). The molecule has 0 aliphatic carbocycles. The number of carbonyl (C=O) groups excluding carboxylic acids is 2. The largest absolute Gasteiger partial charge is 0.433 e. The predicted octanol–water partition coefficient (Wildman–Crippen LogP) is 6.80. The van der Waals surface area contributed by atoms with E-state index in [1.54, 1.807) is 0 Å². The molecule has 2 aromatic carbocycles. The number of pyridine rings is 1. The van der Waals surface area contributed by atoms with Crippen LogP contribution in [0.4, 0.5) is 50.9 Å². The second-order valence-corrected chi connectivity index (χ2v) is 7.60. The Balaban J connectivity index is 1.97. The van der Waals surface area contributed by atoms with E-state index < -0.39 is 52.7 Å². The lowest BCUT2D eigenvalue weighted by Gasteiger charge is -2.13. The number of rotatable bonds is 5. The molecule has 200 valence electrons. The van der Waals surface area contributed by atoms with Crippen molar-refractivity contribution in [3.8, 4) is 0 Å². The summed E-state index contributed by atoms with van der Waals surface area (Å²) in [5.41, 5.74) is -5.32. The predicted molar refractivity (Wildman–Crippen MR) is 117 cm³/mol. The number of hydrogen-bond acceptors (Lipinski definition) is 3. The van der Waals surface area contributed by atoms with E-state index in [0.717, 1.165) is 48.5 Å². The third-order valence-corrected chi connectivity index (χ3v) is 4.77. The van der Waals surface area contributed by atoms with Gasteiger partial charge in [-0.15, -0.1) is 0 Å². The highest BCUT2D eigenvalue weighted by atomic mass is 19.4. The van der Waals surface area contributed by atoms with E-state index >= 15 is 0 Å².